The van der Waals surface area contributed by atoms with Crippen LogP contribution in [0.2, 0.25) is 10.0 Å². The Bertz CT molecular complexity index is 519. The third kappa shape index (κ3) is 3.22. The van der Waals surface area contributed by atoms with E-state index in [0.717, 1.165) is 24.3 Å². The lowest BCUT2D eigenvalue weighted by molar-refractivity contribution is 0.289. The summed E-state index contributed by atoms with van der Waals surface area (Å²) in [6, 6.07) is 5.54. The normalized spacial score (nSPS) is 26.6. The summed E-state index contributed by atoms with van der Waals surface area (Å²) in [5.74, 6) is 0. The van der Waals surface area contributed by atoms with E-state index >= 15 is 0 Å². The molecular weight excluding hydrogens is 313 g/mol. The zero-order valence-electron chi connectivity index (χ0n) is 12.1. The maximum absolute atomic E-state index is 12.9. The zero-order chi connectivity index (χ0) is 14.9. The molecule has 0 aromatic heterocycles. The van der Waals surface area contributed by atoms with Gasteiger partial charge in [0, 0.05) is 10.9 Å². The molecule has 1 aromatic rings. The van der Waals surface area contributed by atoms with E-state index in [1.165, 1.54) is 0 Å². The van der Waals surface area contributed by atoms with Crippen molar-refractivity contribution >= 4 is 34.0 Å². The van der Waals surface area contributed by atoms with Crippen LogP contribution in [0, 0.1) is 5.41 Å². The molecule has 0 amide bonds. The summed E-state index contributed by atoms with van der Waals surface area (Å²) in [4.78, 5) is 0.769. The minimum Gasteiger partial charge on any atom is -0.313 e. The highest BCUT2D eigenvalue weighted by molar-refractivity contribution is 7.85. The first kappa shape index (κ1) is 16.3. The SMILES string of the molecule is CCNC1C(S(=O)c2ccc(Cl)c(Cl)c2)CCC1(C)C. The van der Waals surface area contributed by atoms with Crippen LogP contribution >= 0.6 is 23.2 Å². The van der Waals surface area contributed by atoms with Gasteiger partial charge >= 0.3 is 0 Å². The van der Waals surface area contributed by atoms with Crippen molar-refractivity contribution in [1.82, 2.24) is 5.32 Å². The fourth-order valence-electron chi connectivity index (χ4n) is 2.97. The van der Waals surface area contributed by atoms with Gasteiger partial charge in [0.1, 0.15) is 0 Å². The van der Waals surface area contributed by atoms with Crippen molar-refractivity contribution < 1.29 is 4.21 Å². The second-order valence-corrected chi connectivity index (χ2v) is 8.46. The molecule has 2 nitrogen and oxygen atoms in total. The van der Waals surface area contributed by atoms with E-state index in [0.29, 0.717) is 10.0 Å². The molecule has 1 aliphatic rings. The smallest absolute Gasteiger partial charge is 0.0604 e. The summed E-state index contributed by atoms with van der Waals surface area (Å²) in [6.07, 6.45) is 2.06. The van der Waals surface area contributed by atoms with Crippen molar-refractivity contribution in [2.75, 3.05) is 6.54 Å². The van der Waals surface area contributed by atoms with Gasteiger partial charge in [0.05, 0.1) is 26.1 Å². The molecule has 3 atom stereocenters. The molecule has 1 saturated carbocycles. The zero-order valence-corrected chi connectivity index (χ0v) is 14.4. The lowest BCUT2D eigenvalue weighted by Gasteiger charge is -2.31. The summed E-state index contributed by atoms with van der Waals surface area (Å²) < 4.78 is 12.9. The number of hydrogen-bond acceptors (Lipinski definition) is 2. The monoisotopic (exact) mass is 333 g/mol. The average Bonchev–Trinajstić information content (AvgIpc) is 2.69. The van der Waals surface area contributed by atoms with Crippen LogP contribution in [0.4, 0.5) is 0 Å². The number of rotatable bonds is 4. The van der Waals surface area contributed by atoms with Crippen LogP contribution in [-0.4, -0.2) is 22.0 Å². The molecule has 112 valence electrons. The number of nitrogens with one attached hydrogen (secondary N) is 1. The Morgan fingerprint density at radius 1 is 1.35 bits per heavy atom. The van der Waals surface area contributed by atoms with Crippen LogP contribution in [0.3, 0.4) is 0 Å². The summed E-state index contributed by atoms with van der Waals surface area (Å²) in [6.45, 7) is 7.47. The Kier molecular flexibility index (Phi) is 5.17. The molecule has 0 bridgehead atoms. The van der Waals surface area contributed by atoms with Gasteiger partial charge in [-0.25, -0.2) is 0 Å². The van der Waals surface area contributed by atoms with E-state index in [9.17, 15) is 4.21 Å². The molecule has 5 heteroatoms. The number of hydrogen-bond donors (Lipinski definition) is 1. The molecule has 0 saturated heterocycles. The molecule has 20 heavy (non-hydrogen) atoms. The molecule has 1 fully saturated rings. The maximum Gasteiger partial charge on any atom is 0.0604 e. The van der Waals surface area contributed by atoms with Crippen LogP contribution < -0.4 is 5.32 Å². The predicted molar refractivity (Wildman–Crippen MR) is 87.1 cm³/mol. The highest BCUT2D eigenvalue weighted by atomic mass is 35.5. The van der Waals surface area contributed by atoms with Gasteiger partial charge in [-0.05, 0) is 43.0 Å². The van der Waals surface area contributed by atoms with Crippen molar-refractivity contribution in [2.45, 2.75) is 49.8 Å². The van der Waals surface area contributed by atoms with Crippen molar-refractivity contribution in [2.24, 2.45) is 5.41 Å². The lowest BCUT2D eigenvalue weighted by atomic mass is 9.87. The molecule has 0 spiro atoms. The summed E-state index contributed by atoms with van der Waals surface area (Å²) in [7, 11) is -1.06. The lowest BCUT2D eigenvalue weighted by Crippen LogP contribution is -2.46. The Balaban J connectivity index is 2.25. The molecule has 0 aliphatic heterocycles. The average molecular weight is 334 g/mol. The summed E-state index contributed by atoms with van der Waals surface area (Å²) >= 11 is 12.0. The molecule has 1 aliphatic carbocycles. The van der Waals surface area contributed by atoms with Gasteiger partial charge in [0.15, 0.2) is 0 Å². The fraction of sp³-hybridized carbons (Fsp3) is 0.600. The van der Waals surface area contributed by atoms with Crippen molar-refractivity contribution in [3.05, 3.63) is 28.2 Å². The molecule has 3 unspecified atom stereocenters. The second-order valence-electron chi connectivity index (χ2n) is 5.97. The van der Waals surface area contributed by atoms with Gasteiger partial charge in [-0.1, -0.05) is 44.0 Å². The largest absolute Gasteiger partial charge is 0.313 e. The summed E-state index contributed by atoms with van der Waals surface area (Å²) in [5.41, 5.74) is 0.173. The Morgan fingerprint density at radius 3 is 2.65 bits per heavy atom. The quantitative estimate of drug-likeness (QED) is 0.891. The van der Waals surface area contributed by atoms with E-state index in [1.807, 2.05) is 6.07 Å². The first-order valence-corrected chi connectivity index (χ1v) is 8.92. The van der Waals surface area contributed by atoms with E-state index in [4.69, 9.17) is 23.2 Å². The Labute approximate surface area is 133 Å². The third-order valence-corrected chi connectivity index (χ3v) is 6.62. The van der Waals surface area contributed by atoms with E-state index in [2.05, 4.69) is 26.1 Å². The minimum atomic E-state index is -1.06. The van der Waals surface area contributed by atoms with E-state index in [-0.39, 0.29) is 16.7 Å². The standard InChI is InChI=1S/C15H21Cl2NOS/c1-4-18-14-13(7-8-15(14,2)3)20(19)10-5-6-11(16)12(17)9-10/h5-6,9,13-14,18H,4,7-8H2,1-3H3. The Morgan fingerprint density at radius 2 is 2.05 bits per heavy atom. The van der Waals surface area contributed by atoms with Gasteiger partial charge in [-0.15, -0.1) is 0 Å². The number of benzene rings is 1. The van der Waals surface area contributed by atoms with Crippen LogP contribution in [0.5, 0.6) is 0 Å². The highest BCUT2D eigenvalue weighted by Gasteiger charge is 2.44. The Hall–Kier alpha value is -0.0900. The molecule has 0 heterocycles. The van der Waals surface area contributed by atoms with Gasteiger partial charge in [0.2, 0.25) is 0 Å². The third-order valence-electron chi connectivity index (χ3n) is 4.11. The fourth-order valence-corrected chi connectivity index (χ4v) is 5.17. The van der Waals surface area contributed by atoms with E-state index < -0.39 is 10.8 Å². The maximum atomic E-state index is 12.9. The van der Waals surface area contributed by atoms with Crippen molar-refractivity contribution in [1.29, 1.82) is 0 Å². The van der Waals surface area contributed by atoms with Gasteiger partial charge < -0.3 is 5.32 Å². The topological polar surface area (TPSA) is 29.1 Å². The van der Waals surface area contributed by atoms with Crippen molar-refractivity contribution in [3.63, 3.8) is 0 Å². The molecule has 2 rings (SSSR count). The van der Waals surface area contributed by atoms with Crippen LogP contribution in [0.15, 0.2) is 23.1 Å². The van der Waals surface area contributed by atoms with Crippen LogP contribution in [0.1, 0.15) is 33.6 Å². The predicted octanol–water partition coefficient (Wildman–Crippen LogP) is 4.27. The molecular formula is C15H21Cl2NOS. The second kappa shape index (κ2) is 6.35. The highest BCUT2D eigenvalue weighted by Crippen LogP contribution is 2.41. The molecule has 1 aromatic carbocycles. The molecule has 1 N–H and O–H groups in total. The van der Waals surface area contributed by atoms with Crippen LogP contribution in [-0.2, 0) is 10.8 Å². The minimum absolute atomic E-state index is 0.127. The number of halogens is 2. The van der Waals surface area contributed by atoms with Gasteiger partial charge in [0.25, 0.3) is 0 Å². The van der Waals surface area contributed by atoms with Crippen molar-refractivity contribution in [3.8, 4) is 0 Å². The van der Waals surface area contributed by atoms with Gasteiger partial charge in [-0.3, -0.25) is 4.21 Å². The summed E-state index contributed by atoms with van der Waals surface area (Å²) in [5, 5.41) is 4.61. The van der Waals surface area contributed by atoms with Gasteiger partial charge in [-0.2, -0.15) is 0 Å². The first-order valence-electron chi connectivity index (χ1n) is 6.96. The molecule has 0 radical (unpaired) electrons. The first-order chi connectivity index (χ1) is 9.36. The van der Waals surface area contributed by atoms with E-state index in [1.54, 1.807) is 12.1 Å². The van der Waals surface area contributed by atoms with Crippen LogP contribution in [0.25, 0.3) is 0 Å².